The third-order valence-electron chi connectivity index (χ3n) is 2.38. The molecule has 0 bridgehead atoms. The lowest BCUT2D eigenvalue weighted by molar-refractivity contribution is -0.121. The van der Waals surface area contributed by atoms with Crippen LogP contribution in [0.1, 0.15) is 24.8 Å². The van der Waals surface area contributed by atoms with E-state index in [0.29, 0.717) is 25.7 Å². The second kappa shape index (κ2) is 6.77. The van der Waals surface area contributed by atoms with E-state index in [1.54, 1.807) is 7.05 Å². The summed E-state index contributed by atoms with van der Waals surface area (Å²) in [5, 5.41) is 2.54. The van der Waals surface area contributed by atoms with E-state index in [-0.39, 0.29) is 11.7 Å². The van der Waals surface area contributed by atoms with E-state index in [9.17, 15) is 9.59 Å². The Morgan fingerprint density at radius 3 is 2.44 bits per heavy atom. The number of nitrogens with one attached hydrogen (secondary N) is 1. The molecule has 1 rings (SSSR count). The van der Waals surface area contributed by atoms with E-state index in [0.717, 1.165) is 5.56 Å². The van der Waals surface area contributed by atoms with Crippen molar-refractivity contribution in [1.82, 2.24) is 5.32 Å². The Morgan fingerprint density at radius 2 is 1.81 bits per heavy atom. The summed E-state index contributed by atoms with van der Waals surface area (Å²) in [4.78, 5) is 22.5. The molecule has 3 heteroatoms. The first-order valence-electron chi connectivity index (χ1n) is 5.48. The van der Waals surface area contributed by atoms with E-state index in [1.165, 1.54) is 0 Å². The maximum Gasteiger partial charge on any atom is 0.219 e. The quantitative estimate of drug-likeness (QED) is 0.791. The summed E-state index contributed by atoms with van der Waals surface area (Å²) in [6, 6.07) is 9.66. The van der Waals surface area contributed by atoms with Crippen LogP contribution in [0.3, 0.4) is 0 Å². The van der Waals surface area contributed by atoms with E-state index in [2.05, 4.69) is 5.32 Å². The highest BCUT2D eigenvalue weighted by Crippen LogP contribution is 2.04. The molecular formula is C13H17NO2. The van der Waals surface area contributed by atoms with E-state index in [1.807, 2.05) is 30.3 Å². The van der Waals surface area contributed by atoms with Gasteiger partial charge in [-0.15, -0.1) is 0 Å². The van der Waals surface area contributed by atoms with Crippen LogP contribution in [0.15, 0.2) is 30.3 Å². The minimum absolute atomic E-state index is 0.00693. The van der Waals surface area contributed by atoms with Gasteiger partial charge in [-0.3, -0.25) is 9.59 Å². The van der Waals surface area contributed by atoms with Crippen LogP contribution in [0, 0.1) is 0 Å². The molecule has 0 fully saturated rings. The molecule has 0 aliphatic rings. The molecule has 1 aromatic carbocycles. The van der Waals surface area contributed by atoms with Gasteiger partial charge in [0.2, 0.25) is 5.91 Å². The van der Waals surface area contributed by atoms with Gasteiger partial charge in [0.25, 0.3) is 0 Å². The summed E-state index contributed by atoms with van der Waals surface area (Å²) in [7, 11) is 1.61. The average Bonchev–Trinajstić information content (AvgIpc) is 2.30. The minimum atomic E-state index is -0.00693. The van der Waals surface area contributed by atoms with Crippen LogP contribution < -0.4 is 5.32 Å². The topological polar surface area (TPSA) is 46.2 Å². The Morgan fingerprint density at radius 1 is 1.12 bits per heavy atom. The Labute approximate surface area is 95.9 Å². The van der Waals surface area contributed by atoms with Crippen LogP contribution in [0.2, 0.25) is 0 Å². The first-order chi connectivity index (χ1) is 7.72. The molecule has 0 saturated carbocycles. The van der Waals surface area contributed by atoms with Crippen molar-refractivity contribution in [3.63, 3.8) is 0 Å². The highest BCUT2D eigenvalue weighted by Gasteiger charge is 2.05. The predicted molar refractivity (Wildman–Crippen MR) is 63.1 cm³/mol. The highest BCUT2D eigenvalue weighted by molar-refractivity contribution is 5.82. The molecule has 0 heterocycles. The molecular weight excluding hydrogens is 202 g/mol. The van der Waals surface area contributed by atoms with E-state index < -0.39 is 0 Å². The fourth-order valence-corrected chi connectivity index (χ4v) is 1.48. The van der Waals surface area contributed by atoms with Gasteiger partial charge in [0.05, 0.1) is 0 Å². The van der Waals surface area contributed by atoms with Crippen molar-refractivity contribution >= 4 is 11.7 Å². The molecule has 0 spiro atoms. The SMILES string of the molecule is CNC(=O)CCCC(=O)Cc1ccccc1. The number of hydrogen-bond acceptors (Lipinski definition) is 2. The molecule has 0 unspecified atom stereocenters. The number of carbonyl (C=O) groups excluding carboxylic acids is 2. The normalized spacial score (nSPS) is 9.81. The van der Waals surface area contributed by atoms with Crippen LogP contribution >= 0.6 is 0 Å². The van der Waals surface area contributed by atoms with Crippen molar-refractivity contribution in [2.24, 2.45) is 0 Å². The molecule has 1 amide bonds. The van der Waals surface area contributed by atoms with Crippen LogP contribution in [0.25, 0.3) is 0 Å². The smallest absolute Gasteiger partial charge is 0.219 e. The zero-order valence-corrected chi connectivity index (χ0v) is 9.53. The van der Waals surface area contributed by atoms with Crippen molar-refractivity contribution in [3.8, 4) is 0 Å². The lowest BCUT2D eigenvalue weighted by Gasteiger charge is -2.01. The zero-order chi connectivity index (χ0) is 11.8. The molecule has 0 aromatic heterocycles. The van der Waals surface area contributed by atoms with Gasteiger partial charge < -0.3 is 5.32 Å². The van der Waals surface area contributed by atoms with E-state index in [4.69, 9.17) is 0 Å². The summed E-state index contributed by atoms with van der Waals surface area (Å²) in [6.07, 6.45) is 2.00. The first-order valence-corrected chi connectivity index (χ1v) is 5.48. The van der Waals surface area contributed by atoms with Crippen molar-refractivity contribution < 1.29 is 9.59 Å². The minimum Gasteiger partial charge on any atom is -0.359 e. The van der Waals surface area contributed by atoms with Crippen LogP contribution in [-0.2, 0) is 16.0 Å². The van der Waals surface area contributed by atoms with Gasteiger partial charge in [0.15, 0.2) is 0 Å². The molecule has 0 aliphatic heterocycles. The van der Waals surface area contributed by atoms with Crippen LogP contribution in [0.5, 0.6) is 0 Å². The lowest BCUT2D eigenvalue weighted by Crippen LogP contribution is -2.17. The maximum atomic E-state index is 11.6. The summed E-state index contributed by atoms with van der Waals surface area (Å²) in [5.41, 5.74) is 1.03. The molecule has 1 aromatic rings. The summed E-state index contributed by atoms with van der Waals surface area (Å²) < 4.78 is 0. The van der Waals surface area contributed by atoms with E-state index >= 15 is 0 Å². The van der Waals surface area contributed by atoms with Crippen molar-refractivity contribution in [1.29, 1.82) is 0 Å². The molecule has 1 N–H and O–H groups in total. The zero-order valence-electron chi connectivity index (χ0n) is 9.53. The van der Waals surface area contributed by atoms with Gasteiger partial charge >= 0.3 is 0 Å². The predicted octanol–water partition coefficient (Wildman–Crippen LogP) is 1.71. The van der Waals surface area contributed by atoms with Crippen molar-refractivity contribution in [2.45, 2.75) is 25.7 Å². The number of ketones is 1. The Kier molecular flexibility index (Phi) is 5.26. The third-order valence-corrected chi connectivity index (χ3v) is 2.38. The highest BCUT2D eigenvalue weighted by atomic mass is 16.1. The van der Waals surface area contributed by atoms with Gasteiger partial charge in [0.1, 0.15) is 5.78 Å². The maximum absolute atomic E-state index is 11.6. The largest absolute Gasteiger partial charge is 0.359 e. The molecule has 3 nitrogen and oxygen atoms in total. The number of carbonyl (C=O) groups is 2. The van der Waals surface area contributed by atoms with Crippen LogP contribution in [-0.4, -0.2) is 18.7 Å². The summed E-state index contributed by atoms with van der Waals surface area (Å²) in [5.74, 6) is 0.183. The number of hydrogen-bond donors (Lipinski definition) is 1. The molecule has 0 radical (unpaired) electrons. The number of rotatable bonds is 6. The van der Waals surface area contributed by atoms with Crippen molar-refractivity contribution in [3.05, 3.63) is 35.9 Å². The van der Waals surface area contributed by atoms with Gasteiger partial charge in [-0.05, 0) is 12.0 Å². The van der Waals surface area contributed by atoms with Crippen molar-refractivity contribution in [2.75, 3.05) is 7.05 Å². The number of benzene rings is 1. The average molecular weight is 219 g/mol. The Balaban J connectivity index is 2.24. The van der Waals surface area contributed by atoms with Gasteiger partial charge in [0, 0.05) is 26.3 Å². The summed E-state index contributed by atoms with van der Waals surface area (Å²) in [6.45, 7) is 0. The standard InChI is InChI=1S/C13H17NO2/c1-14-13(16)9-5-8-12(15)10-11-6-3-2-4-7-11/h2-4,6-7H,5,8-10H2,1H3,(H,14,16). The monoisotopic (exact) mass is 219 g/mol. The van der Waals surface area contributed by atoms with Gasteiger partial charge in [-0.2, -0.15) is 0 Å². The van der Waals surface area contributed by atoms with Crippen LogP contribution in [0.4, 0.5) is 0 Å². The van der Waals surface area contributed by atoms with Gasteiger partial charge in [-0.25, -0.2) is 0 Å². The molecule has 0 saturated heterocycles. The Hall–Kier alpha value is -1.64. The van der Waals surface area contributed by atoms with Gasteiger partial charge in [-0.1, -0.05) is 30.3 Å². The second-order valence-electron chi connectivity index (χ2n) is 3.73. The Bertz CT molecular complexity index is 346. The fraction of sp³-hybridized carbons (Fsp3) is 0.385. The number of amides is 1. The second-order valence-corrected chi connectivity index (χ2v) is 3.73. The molecule has 0 atom stereocenters. The fourth-order valence-electron chi connectivity index (χ4n) is 1.48. The number of Topliss-reactive ketones (excluding diaryl/α,β-unsaturated/α-hetero) is 1. The third kappa shape index (κ3) is 4.73. The first kappa shape index (κ1) is 12.4. The lowest BCUT2D eigenvalue weighted by atomic mass is 10.0. The molecule has 0 aliphatic carbocycles. The molecule has 16 heavy (non-hydrogen) atoms. The molecule has 86 valence electrons. The summed E-state index contributed by atoms with van der Waals surface area (Å²) >= 11 is 0.